The zero-order chi connectivity index (χ0) is 18.5. The molecule has 0 fully saturated rings. The zero-order valence-electron chi connectivity index (χ0n) is 14.5. The topological polar surface area (TPSA) is 70.3 Å². The summed E-state index contributed by atoms with van der Waals surface area (Å²) >= 11 is 0. The maximum Gasteiger partial charge on any atom is 0.174 e. The van der Waals surface area contributed by atoms with Crippen LogP contribution in [-0.4, -0.2) is 17.8 Å². The van der Waals surface area contributed by atoms with Crippen molar-refractivity contribution < 1.29 is 4.74 Å². The van der Waals surface area contributed by atoms with Crippen molar-refractivity contribution in [2.75, 3.05) is 12.0 Å². The molecule has 0 spiro atoms. The lowest BCUT2D eigenvalue weighted by molar-refractivity contribution is 0.367. The zero-order valence-corrected chi connectivity index (χ0v) is 14.5. The number of nitrogens with one attached hydrogen (secondary N) is 1. The summed E-state index contributed by atoms with van der Waals surface area (Å²) < 4.78 is 5.44. The molecule has 0 amide bonds. The second kappa shape index (κ2) is 7.54. The third-order valence-corrected chi connectivity index (χ3v) is 4.18. The Bertz CT molecular complexity index is 1120. The first-order chi connectivity index (χ1) is 13.4. The van der Waals surface area contributed by atoms with Crippen molar-refractivity contribution in [1.29, 1.82) is 5.26 Å². The van der Waals surface area contributed by atoms with E-state index in [2.05, 4.69) is 10.5 Å². The summed E-state index contributed by atoms with van der Waals surface area (Å²) in [6.07, 6.45) is 1.69. The van der Waals surface area contributed by atoms with Gasteiger partial charge in [-0.1, -0.05) is 48.5 Å². The van der Waals surface area contributed by atoms with Gasteiger partial charge in [0.25, 0.3) is 0 Å². The van der Waals surface area contributed by atoms with E-state index in [1.54, 1.807) is 6.21 Å². The third kappa shape index (κ3) is 3.42. The van der Waals surface area contributed by atoms with Gasteiger partial charge in [0.1, 0.15) is 11.8 Å². The van der Waals surface area contributed by atoms with E-state index in [0.717, 1.165) is 33.1 Å². The predicted octanol–water partition coefficient (Wildman–Crippen LogP) is 4.74. The number of para-hydroxylation sites is 3. The lowest BCUT2D eigenvalue weighted by Gasteiger charge is -2.10. The highest BCUT2D eigenvalue weighted by Gasteiger charge is 2.08. The van der Waals surface area contributed by atoms with Crippen molar-refractivity contribution in [3.05, 3.63) is 78.4 Å². The summed E-state index contributed by atoms with van der Waals surface area (Å²) in [7, 11) is 0. The maximum absolute atomic E-state index is 8.72. The molecule has 3 aromatic carbocycles. The number of nitrogens with zero attached hydrogens (tertiary/aromatic N) is 3. The smallest absolute Gasteiger partial charge is 0.174 e. The molecular formula is C22H16N4O. The van der Waals surface area contributed by atoms with Gasteiger partial charge in [0.15, 0.2) is 6.61 Å². The van der Waals surface area contributed by atoms with Crippen molar-refractivity contribution in [1.82, 2.24) is 4.98 Å². The van der Waals surface area contributed by atoms with Crippen LogP contribution in [0.5, 0.6) is 5.75 Å². The van der Waals surface area contributed by atoms with Gasteiger partial charge in [-0.15, -0.1) is 0 Å². The molecular weight excluding hydrogens is 336 g/mol. The molecule has 130 valence electrons. The number of rotatable bonds is 5. The van der Waals surface area contributed by atoms with E-state index in [1.165, 1.54) is 0 Å². The average molecular weight is 352 g/mol. The van der Waals surface area contributed by atoms with Gasteiger partial charge in [0, 0.05) is 16.3 Å². The Morgan fingerprint density at radius 3 is 2.26 bits per heavy atom. The van der Waals surface area contributed by atoms with Crippen LogP contribution in [0.4, 0.5) is 5.69 Å². The van der Waals surface area contributed by atoms with E-state index in [0.29, 0.717) is 5.75 Å². The highest BCUT2D eigenvalue weighted by molar-refractivity contribution is 6.07. The Balaban J connectivity index is 1.72. The largest absolute Gasteiger partial charge is 0.478 e. The fraction of sp³-hybridized carbons (Fsp3) is 0.0455. The second-order valence-electron chi connectivity index (χ2n) is 5.88. The molecule has 27 heavy (non-hydrogen) atoms. The van der Waals surface area contributed by atoms with Crippen LogP contribution in [0.3, 0.4) is 0 Å². The van der Waals surface area contributed by atoms with Crippen LogP contribution in [0.2, 0.25) is 0 Å². The van der Waals surface area contributed by atoms with Crippen molar-refractivity contribution in [3.8, 4) is 11.8 Å². The average Bonchev–Trinajstić information content (AvgIpc) is 2.72. The van der Waals surface area contributed by atoms with Gasteiger partial charge in [-0.3, -0.25) is 5.43 Å². The Kier molecular flexibility index (Phi) is 4.62. The van der Waals surface area contributed by atoms with Crippen LogP contribution in [0.1, 0.15) is 5.56 Å². The molecule has 0 unspecified atom stereocenters. The first-order valence-corrected chi connectivity index (χ1v) is 8.52. The number of hydrogen-bond acceptors (Lipinski definition) is 5. The number of aromatic nitrogens is 1. The molecule has 0 saturated carbocycles. The number of anilines is 1. The molecule has 0 aliphatic rings. The number of hydrazone groups is 1. The highest BCUT2D eigenvalue weighted by atomic mass is 16.5. The van der Waals surface area contributed by atoms with E-state index >= 15 is 0 Å². The Hall–Kier alpha value is -3.91. The Morgan fingerprint density at radius 2 is 1.56 bits per heavy atom. The van der Waals surface area contributed by atoms with Crippen LogP contribution < -0.4 is 10.2 Å². The van der Waals surface area contributed by atoms with E-state index in [-0.39, 0.29) is 6.61 Å². The van der Waals surface area contributed by atoms with Gasteiger partial charge < -0.3 is 4.74 Å². The van der Waals surface area contributed by atoms with Crippen molar-refractivity contribution in [3.63, 3.8) is 0 Å². The monoisotopic (exact) mass is 352 g/mol. The van der Waals surface area contributed by atoms with Crippen LogP contribution in [0.15, 0.2) is 77.9 Å². The van der Waals surface area contributed by atoms with E-state index in [9.17, 15) is 0 Å². The second-order valence-corrected chi connectivity index (χ2v) is 5.88. The van der Waals surface area contributed by atoms with Gasteiger partial charge in [-0.2, -0.15) is 10.4 Å². The molecule has 0 radical (unpaired) electrons. The van der Waals surface area contributed by atoms with Gasteiger partial charge in [-0.25, -0.2) is 4.98 Å². The molecule has 0 atom stereocenters. The molecule has 4 aromatic rings. The minimum Gasteiger partial charge on any atom is -0.478 e. The molecule has 1 aromatic heterocycles. The minimum atomic E-state index is -0.00207. The summed E-state index contributed by atoms with van der Waals surface area (Å²) in [6.45, 7) is -0.00207. The standard InChI is InChI=1S/C22H16N4O/c23-13-14-27-21-12-6-1-7-16(21)15-24-26-22-17-8-2-4-10-19(17)25-20-11-5-3-9-18(20)22/h1-12,15H,14H2,(H,25,26)/b24-15+. The summed E-state index contributed by atoms with van der Waals surface area (Å²) in [5.41, 5.74) is 6.69. The SMILES string of the molecule is N#CCOc1ccccc1/C=N/Nc1c2ccccc2nc2ccccc12. The molecule has 5 nitrogen and oxygen atoms in total. The summed E-state index contributed by atoms with van der Waals surface area (Å²) in [5.74, 6) is 0.619. The van der Waals surface area contributed by atoms with Crippen molar-refractivity contribution in [2.45, 2.75) is 0 Å². The lowest BCUT2D eigenvalue weighted by Crippen LogP contribution is -1.99. The van der Waals surface area contributed by atoms with Crippen LogP contribution in [0, 0.1) is 11.3 Å². The van der Waals surface area contributed by atoms with Gasteiger partial charge in [-0.05, 0) is 24.3 Å². The number of ether oxygens (including phenoxy) is 1. The van der Waals surface area contributed by atoms with Gasteiger partial charge in [0.05, 0.1) is 22.9 Å². The van der Waals surface area contributed by atoms with Crippen LogP contribution >= 0.6 is 0 Å². The number of benzene rings is 3. The summed E-state index contributed by atoms with van der Waals surface area (Å²) in [5, 5.41) is 15.1. The van der Waals surface area contributed by atoms with E-state index < -0.39 is 0 Å². The molecule has 5 heteroatoms. The maximum atomic E-state index is 8.72. The molecule has 1 N–H and O–H groups in total. The van der Waals surface area contributed by atoms with Gasteiger partial charge >= 0.3 is 0 Å². The molecule has 0 bridgehead atoms. The first-order valence-electron chi connectivity index (χ1n) is 8.52. The normalized spacial score (nSPS) is 10.9. The third-order valence-electron chi connectivity index (χ3n) is 4.18. The molecule has 0 saturated heterocycles. The Morgan fingerprint density at radius 1 is 0.926 bits per heavy atom. The van der Waals surface area contributed by atoms with E-state index in [4.69, 9.17) is 15.0 Å². The highest BCUT2D eigenvalue weighted by Crippen LogP contribution is 2.30. The minimum absolute atomic E-state index is 0.00207. The summed E-state index contributed by atoms with van der Waals surface area (Å²) in [6, 6.07) is 25.4. The van der Waals surface area contributed by atoms with Crippen LogP contribution in [-0.2, 0) is 0 Å². The fourth-order valence-electron chi connectivity index (χ4n) is 2.96. The quantitative estimate of drug-likeness (QED) is 0.320. The number of hydrogen-bond donors (Lipinski definition) is 1. The van der Waals surface area contributed by atoms with Crippen LogP contribution in [0.25, 0.3) is 21.8 Å². The number of pyridine rings is 1. The Labute approximate surface area is 156 Å². The molecule has 4 rings (SSSR count). The number of nitriles is 1. The van der Waals surface area contributed by atoms with Crippen molar-refractivity contribution >= 4 is 33.7 Å². The predicted molar refractivity (Wildman–Crippen MR) is 108 cm³/mol. The molecule has 0 aliphatic heterocycles. The number of fused-ring (bicyclic) bond motifs is 2. The molecule has 1 heterocycles. The van der Waals surface area contributed by atoms with Gasteiger partial charge in [0.2, 0.25) is 0 Å². The lowest BCUT2D eigenvalue weighted by atomic mass is 10.1. The fourth-order valence-corrected chi connectivity index (χ4v) is 2.96. The molecule has 0 aliphatic carbocycles. The first kappa shape index (κ1) is 16.6. The van der Waals surface area contributed by atoms with E-state index in [1.807, 2.05) is 78.9 Å². The summed E-state index contributed by atoms with van der Waals surface area (Å²) in [4.78, 5) is 4.71. The van der Waals surface area contributed by atoms with Crippen molar-refractivity contribution in [2.24, 2.45) is 5.10 Å².